The summed E-state index contributed by atoms with van der Waals surface area (Å²) in [6.45, 7) is 5.01. The summed E-state index contributed by atoms with van der Waals surface area (Å²) in [4.78, 5) is 43.6. The molecule has 40 heavy (non-hydrogen) atoms. The highest BCUT2D eigenvalue weighted by molar-refractivity contribution is 5.96. The van der Waals surface area contributed by atoms with Crippen LogP contribution < -0.4 is 0 Å². The number of aromatic nitrogens is 1. The Morgan fingerprint density at radius 1 is 0.975 bits per heavy atom. The zero-order valence-corrected chi connectivity index (χ0v) is 22.6. The van der Waals surface area contributed by atoms with Crippen LogP contribution in [0.5, 0.6) is 0 Å². The largest absolute Gasteiger partial charge is 0.379 e. The van der Waals surface area contributed by atoms with E-state index in [1.807, 2.05) is 41.4 Å². The van der Waals surface area contributed by atoms with Crippen molar-refractivity contribution in [1.29, 1.82) is 0 Å². The molecule has 2 amide bonds. The van der Waals surface area contributed by atoms with E-state index in [4.69, 9.17) is 4.74 Å². The third-order valence-corrected chi connectivity index (χ3v) is 7.49. The van der Waals surface area contributed by atoms with Crippen LogP contribution in [0.25, 0.3) is 0 Å². The number of nitrogens with zero attached hydrogens (tertiary/aromatic N) is 5. The molecule has 2 aromatic carbocycles. The smallest absolute Gasteiger partial charge is 0.269 e. The summed E-state index contributed by atoms with van der Waals surface area (Å²) < 4.78 is 7.60. The highest BCUT2D eigenvalue weighted by atomic mass is 16.6. The van der Waals surface area contributed by atoms with Gasteiger partial charge >= 0.3 is 0 Å². The fourth-order valence-electron chi connectivity index (χ4n) is 5.01. The quantitative estimate of drug-likeness (QED) is 0.255. The zero-order chi connectivity index (χ0) is 27.9. The molecule has 0 spiro atoms. The second kappa shape index (κ2) is 12.9. The van der Waals surface area contributed by atoms with E-state index < -0.39 is 4.92 Å². The fraction of sp³-hybridized carbons (Fsp3) is 0.400. The second-order valence-corrected chi connectivity index (χ2v) is 10.4. The maximum atomic E-state index is 13.8. The first-order valence-corrected chi connectivity index (χ1v) is 13.8. The lowest BCUT2D eigenvalue weighted by Crippen LogP contribution is -2.47. The lowest BCUT2D eigenvalue weighted by molar-refractivity contribution is -0.384. The van der Waals surface area contributed by atoms with Crippen LogP contribution in [0.15, 0.2) is 72.9 Å². The lowest BCUT2D eigenvalue weighted by atomic mass is 10.1. The molecule has 1 saturated heterocycles. The number of nitro groups is 1. The summed E-state index contributed by atoms with van der Waals surface area (Å²) in [6, 6.07) is 20.0. The van der Waals surface area contributed by atoms with Crippen LogP contribution in [0, 0.1) is 10.1 Å². The Balaban J connectivity index is 1.30. The molecular weight excluding hydrogens is 510 g/mol. The fourth-order valence-corrected chi connectivity index (χ4v) is 5.01. The van der Waals surface area contributed by atoms with Gasteiger partial charge in [-0.15, -0.1) is 0 Å². The Morgan fingerprint density at radius 2 is 1.70 bits per heavy atom. The summed E-state index contributed by atoms with van der Waals surface area (Å²) in [5.74, 6) is -0.396. The van der Waals surface area contributed by atoms with Crippen molar-refractivity contribution in [2.75, 3.05) is 45.9 Å². The Labute approximate surface area is 233 Å². The van der Waals surface area contributed by atoms with E-state index in [1.165, 1.54) is 29.8 Å². The van der Waals surface area contributed by atoms with Crippen LogP contribution in [0.3, 0.4) is 0 Å². The predicted octanol–water partition coefficient (Wildman–Crippen LogP) is 3.41. The van der Waals surface area contributed by atoms with Gasteiger partial charge in [-0.05, 0) is 42.7 Å². The van der Waals surface area contributed by atoms with Gasteiger partial charge in [0.25, 0.3) is 11.6 Å². The molecular formula is C30H35N5O5. The third-order valence-electron chi connectivity index (χ3n) is 7.49. The van der Waals surface area contributed by atoms with Crippen molar-refractivity contribution in [2.24, 2.45) is 0 Å². The van der Waals surface area contributed by atoms with E-state index in [0.29, 0.717) is 38.4 Å². The Kier molecular flexibility index (Phi) is 8.87. The number of non-ortho nitro benzene ring substituents is 1. The van der Waals surface area contributed by atoms with Crippen LogP contribution in [-0.2, 0) is 22.6 Å². The number of amides is 2. The van der Waals surface area contributed by atoms with Gasteiger partial charge in [0.05, 0.1) is 24.7 Å². The molecule has 0 radical (unpaired) electrons. The molecule has 2 aliphatic rings. The monoisotopic (exact) mass is 545 g/mol. The topological polar surface area (TPSA) is 101 Å². The number of ether oxygens (including phenoxy) is 1. The number of hydrogen-bond acceptors (Lipinski definition) is 6. The predicted molar refractivity (Wildman–Crippen MR) is 150 cm³/mol. The molecule has 0 bridgehead atoms. The van der Waals surface area contributed by atoms with Gasteiger partial charge < -0.3 is 19.1 Å². The minimum absolute atomic E-state index is 0.0456. The average Bonchev–Trinajstić information content (AvgIpc) is 3.74. The first-order valence-electron chi connectivity index (χ1n) is 13.8. The van der Waals surface area contributed by atoms with E-state index in [2.05, 4.69) is 21.6 Å². The summed E-state index contributed by atoms with van der Waals surface area (Å²) in [5.41, 5.74) is 2.49. The van der Waals surface area contributed by atoms with E-state index in [0.717, 1.165) is 38.2 Å². The first kappa shape index (κ1) is 27.5. The molecule has 5 rings (SSSR count). The Hall–Kier alpha value is -4.02. The SMILES string of the molecule is O=C(c1ccc([N+](=O)[O-])cc1)N(CCN1CCOCC1)CC(=O)N(Cc1cccn1Cc1ccccc1)C1CC1. The molecule has 1 aliphatic carbocycles. The number of rotatable bonds is 12. The van der Waals surface area contributed by atoms with Gasteiger partial charge in [0.2, 0.25) is 5.91 Å². The second-order valence-electron chi connectivity index (χ2n) is 10.4. The van der Waals surface area contributed by atoms with Crippen molar-refractivity contribution in [3.05, 3.63) is 99.9 Å². The van der Waals surface area contributed by atoms with Crippen molar-refractivity contribution in [3.8, 4) is 0 Å². The van der Waals surface area contributed by atoms with Crippen molar-refractivity contribution < 1.29 is 19.2 Å². The molecule has 210 valence electrons. The molecule has 10 heteroatoms. The maximum absolute atomic E-state index is 13.8. The minimum Gasteiger partial charge on any atom is -0.379 e. The molecule has 2 heterocycles. The van der Waals surface area contributed by atoms with Crippen LogP contribution in [0.2, 0.25) is 0 Å². The molecule has 0 unspecified atom stereocenters. The number of hydrogen-bond donors (Lipinski definition) is 0. The van der Waals surface area contributed by atoms with E-state index in [-0.39, 0.29) is 30.1 Å². The van der Waals surface area contributed by atoms with E-state index in [1.54, 1.807) is 4.90 Å². The normalized spacial score (nSPS) is 15.5. The van der Waals surface area contributed by atoms with Crippen LogP contribution >= 0.6 is 0 Å². The summed E-state index contributed by atoms with van der Waals surface area (Å²) >= 11 is 0. The van der Waals surface area contributed by atoms with Gasteiger partial charge in [0.15, 0.2) is 0 Å². The van der Waals surface area contributed by atoms with Crippen molar-refractivity contribution >= 4 is 17.5 Å². The van der Waals surface area contributed by atoms with Crippen LogP contribution in [0.1, 0.15) is 34.5 Å². The molecule has 0 atom stereocenters. The number of morpholine rings is 1. The Bertz CT molecular complexity index is 1300. The Morgan fingerprint density at radius 3 is 2.38 bits per heavy atom. The number of benzene rings is 2. The lowest BCUT2D eigenvalue weighted by Gasteiger charge is -2.31. The van der Waals surface area contributed by atoms with Crippen molar-refractivity contribution in [1.82, 2.24) is 19.3 Å². The summed E-state index contributed by atoms with van der Waals surface area (Å²) in [5, 5.41) is 11.1. The minimum atomic E-state index is -0.491. The van der Waals surface area contributed by atoms with Gasteiger partial charge in [-0.25, -0.2) is 0 Å². The van der Waals surface area contributed by atoms with Gasteiger partial charge in [-0.2, -0.15) is 0 Å². The highest BCUT2D eigenvalue weighted by Crippen LogP contribution is 2.29. The van der Waals surface area contributed by atoms with Gasteiger partial charge in [0.1, 0.15) is 6.54 Å². The van der Waals surface area contributed by atoms with Crippen molar-refractivity contribution in [3.63, 3.8) is 0 Å². The van der Waals surface area contributed by atoms with E-state index in [9.17, 15) is 19.7 Å². The molecule has 1 aromatic heterocycles. The molecule has 3 aromatic rings. The molecule has 0 N–H and O–H groups in total. The van der Waals surface area contributed by atoms with Crippen molar-refractivity contribution in [2.45, 2.75) is 32.0 Å². The number of carbonyl (C=O) groups excluding carboxylic acids is 2. The van der Waals surface area contributed by atoms with Gasteiger partial charge in [0, 0.05) is 68.4 Å². The van der Waals surface area contributed by atoms with Crippen LogP contribution in [0.4, 0.5) is 5.69 Å². The number of carbonyl (C=O) groups is 2. The molecule has 1 saturated carbocycles. The molecule has 2 fully saturated rings. The number of nitro benzene ring substituents is 1. The summed E-state index contributed by atoms with van der Waals surface area (Å²) in [7, 11) is 0. The maximum Gasteiger partial charge on any atom is 0.269 e. The molecule has 1 aliphatic heterocycles. The highest BCUT2D eigenvalue weighted by Gasteiger charge is 2.34. The average molecular weight is 546 g/mol. The standard InChI is InChI=1S/C30H35N5O5/c36-29(34(26-12-13-26)22-28-7-4-14-32(28)21-24-5-2-1-3-6-24)23-33(16-15-31-17-19-40-20-18-31)30(37)25-8-10-27(11-9-25)35(38)39/h1-11,14,26H,12-13,15-23H2. The molecule has 10 nitrogen and oxygen atoms in total. The van der Waals surface area contributed by atoms with Gasteiger partial charge in [-0.1, -0.05) is 30.3 Å². The van der Waals surface area contributed by atoms with Crippen LogP contribution in [-0.4, -0.2) is 88.0 Å². The first-order chi connectivity index (χ1) is 19.5. The summed E-state index contributed by atoms with van der Waals surface area (Å²) in [6.07, 6.45) is 3.94. The third kappa shape index (κ3) is 7.13. The van der Waals surface area contributed by atoms with E-state index >= 15 is 0 Å². The zero-order valence-electron chi connectivity index (χ0n) is 22.6. The van der Waals surface area contributed by atoms with Gasteiger partial charge in [-0.3, -0.25) is 24.6 Å².